The predicted octanol–water partition coefficient (Wildman–Crippen LogP) is 3.11. The molecule has 0 aromatic heterocycles. The number of anilines is 1. The van der Waals surface area contributed by atoms with E-state index in [2.05, 4.69) is 15.9 Å². The number of methoxy groups -OCH3 is 1. The summed E-state index contributed by atoms with van der Waals surface area (Å²) in [4.78, 5) is 24.7. The smallest absolute Gasteiger partial charge is 0.251 e. The minimum absolute atomic E-state index is 0.126. The fraction of sp³-hybridized carbons (Fsp3) is 0.231. The third kappa shape index (κ3) is 3.04. The number of rotatable bonds is 4. The Morgan fingerprint density at radius 1 is 1.48 bits per heavy atom. The molecule has 21 heavy (non-hydrogen) atoms. The maximum absolute atomic E-state index is 11.6. The molecule has 1 aliphatic rings. The number of ether oxygens (including phenoxy) is 1. The number of carbonyl (C=O) groups excluding carboxylic acids is 2. The highest BCUT2D eigenvalue weighted by atomic mass is 79.9. The van der Waals surface area contributed by atoms with E-state index in [0.717, 1.165) is 0 Å². The van der Waals surface area contributed by atoms with Gasteiger partial charge in [-0.3, -0.25) is 9.59 Å². The summed E-state index contributed by atoms with van der Waals surface area (Å²) in [5, 5.41) is 1.43. The number of nitrogens with two attached hydrogens (primary N) is 1. The first kappa shape index (κ1) is 16.2. The van der Waals surface area contributed by atoms with E-state index in [9.17, 15) is 9.59 Å². The van der Waals surface area contributed by atoms with Crippen molar-refractivity contribution in [2.75, 3.05) is 12.0 Å². The Labute approximate surface area is 139 Å². The molecule has 2 rings (SSSR count). The molecule has 1 aromatic rings. The number of hydrogen-bond donors (Lipinski definition) is 1. The topological polar surface area (TPSA) is 72.6 Å². The standard InChI is InChI=1S/C13H12BrClN2O3S/c1-6(18)7-3-8(15)11(9(4-7)20-2)17-10(14)5-21-13(17)12(16)19/h3-5,13H,1-2H3,(H2,16,19). The zero-order valence-electron chi connectivity index (χ0n) is 11.2. The first-order valence-electron chi connectivity index (χ1n) is 5.85. The van der Waals surface area contributed by atoms with Gasteiger partial charge in [0.25, 0.3) is 5.91 Å². The van der Waals surface area contributed by atoms with Gasteiger partial charge in [-0.15, -0.1) is 0 Å². The highest BCUT2D eigenvalue weighted by Crippen LogP contribution is 2.46. The van der Waals surface area contributed by atoms with Gasteiger partial charge < -0.3 is 15.4 Å². The summed E-state index contributed by atoms with van der Waals surface area (Å²) in [6.07, 6.45) is 0. The van der Waals surface area contributed by atoms with Crippen molar-refractivity contribution in [2.45, 2.75) is 12.3 Å². The number of ketones is 1. The Bertz CT molecular complexity index is 651. The van der Waals surface area contributed by atoms with E-state index in [1.165, 1.54) is 25.8 Å². The van der Waals surface area contributed by atoms with Crippen molar-refractivity contribution >= 4 is 56.7 Å². The number of amides is 1. The molecule has 0 aliphatic carbocycles. The van der Waals surface area contributed by atoms with E-state index in [4.69, 9.17) is 22.1 Å². The van der Waals surface area contributed by atoms with Crippen LogP contribution < -0.4 is 15.4 Å². The molecule has 8 heteroatoms. The first-order chi connectivity index (χ1) is 9.86. The number of halogens is 2. The van der Waals surface area contributed by atoms with Crippen LogP contribution in [0.25, 0.3) is 0 Å². The van der Waals surface area contributed by atoms with E-state index in [-0.39, 0.29) is 5.78 Å². The van der Waals surface area contributed by atoms with Gasteiger partial charge in [-0.25, -0.2) is 0 Å². The zero-order chi connectivity index (χ0) is 15.7. The number of Topliss-reactive ketones (excluding diaryl/α,β-unsaturated/α-hetero) is 1. The predicted molar refractivity (Wildman–Crippen MR) is 88.1 cm³/mol. The van der Waals surface area contributed by atoms with Crippen LogP contribution in [0.5, 0.6) is 5.75 Å². The molecule has 0 fully saturated rings. The van der Waals surface area contributed by atoms with Crippen molar-refractivity contribution in [3.05, 3.63) is 32.7 Å². The van der Waals surface area contributed by atoms with Crippen LogP contribution in [0.4, 0.5) is 5.69 Å². The summed E-state index contributed by atoms with van der Waals surface area (Å²) in [5.74, 6) is -0.232. The van der Waals surface area contributed by atoms with Gasteiger partial charge >= 0.3 is 0 Å². The van der Waals surface area contributed by atoms with E-state index < -0.39 is 11.3 Å². The van der Waals surface area contributed by atoms with Crippen LogP contribution in [0.2, 0.25) is 5.02 Å². The highest BCUT2D eigenvalue weighted by Gasteiger charge is 2.34. The molecule has 1 amide bonds. The molecule has 112 valence electrons. The molecule has 5 nitrogen and oxygen atoms in total. The van der Waals surface area contributed by atoms with Crippen LogP contribution in [-0.2, 0) is 4.79 Å². The third-order valence-electron chi connectivity index (χ3n) is 2.90. The second-order valence-corrected chi connectivity index (χ2v) is 6.44. The lowest BCUT2D eigenvalue weighted by Crippen LogP contribution is -2.38. The maximum atomic E-state index is 11.6. The van der Waals surface area contributed by atoms with Gasteiger partial charge in [0.1, 0.15) is 11.4 Å². The average Bonchev–Trinajstić information content (AvgIpc) is 2.79. The van der Waals surface area contributed by atoms with E-state index in [0.29, 0.717) is 26.6 Å². The van der Waals surface area contributed by atoms with Crippen LogP contribution in [0.1, 0.15) is 17.3 Å². The summed E-state index contributed by atoms with van der Waals surface area (Å²) < 4.78 is 5.96. The molecule has 1 aromatic carbocycles. The van der Waals surface area contributed by atoms with Gasteiger partial charge in [0.05, 0.1) is 16.7 Å². The van der Waals surface area contributed by atoms with Crippen LogP contribution in [0.15, 0.2) is 22.1 Å². The summed E-state index contributed by atoms with van der Waals surface area (Å²) in [6, 6.07) is 3.13. The fourth-order valence-electron chi connectivity index (χ4n) is 1.94. The summed E-state index contributed by atoms with van der Waals surface area (Å²) in [7, 11) is 1.47. The lowest BCUT2D eigenvalue weighted by Gasteiger charge is -2.27. The normalized spacial score (nSPS) is 17.6. The van der Waals surface area contributed by atoms with Crippen molar-refractivity contribution in [3.8, 4) is 5.75 Å². The zero-order valence-corrected chi connectivity index (χ0v) is 14.4. The Kier molecular flexibility index (Phi) is 4.85. The van der Waals surface area contributed by atoms with Gasteiger partial charge in [0.2, 0.25) is 0 Å². The summed E-state index contributed by atoms with van der Waals surface area (Å²) in [5.41, 5.74) is 6.33. The van der Waals surface area contributed by atoms with Crippen molar-refractivity contribution in [2.24, 2.45) is 5.73 Å². The molecular formula is C13H12BrClN2O3S. The quantitative estimate of drug-likeness (QED) is 0.630. The Hall–Kier alpha value is -1.18. The largest absolute Gasteiger partial charge is 0.494 e. The van der Waals surface area contributed by atoms with Crippen molar-refractivity contribution < 1.29 is 14.3 Å². The maximum Gasteiger partial charge on any atom is 0.251 e. The second-order valence-electron chi connectivity index (χ2n) is 4.27. The number of thioether (sulfide) groups is 1. The minimum atomic E-state index is -0.631. The molecule has 0 radical (unpaired) electrons. The van der Waals surface area contributed by atoms with Crippen LogP contribution in [0, 0.1) is 0 Å². The molecule has 1 heterocycles. The van der Waals surface area contributed by atoms with Gasteiger partial charge in [-0.2, -0.15) is 0 Å². The number of nitrogens with zero attached hydrogens (tertiary/aromatic N) is 1. The van der Waals surface area contributed by atoms with E-state index >= 15 is 0 Å². The number of benzene rings is 1. The van der Waals surface area contributed by atoms with Gasteiger partial charge in [0.15, 0.2) is 11.2 Å². The Morgan fingerprint density at radius 3 is 2.67 bits per heavy atom. The first-order valence-corrected chi connectivity index (χ1v) is 7.96. The molecule has 1 atom stereocenters. The van der Waals surface area contributed by atoms with Crippen molar-refractivity contribution in [1.82, 2.24) is 0 Å². The van der Waals surface area contributed by atoms with Gasteiger partial charge in [0, 0.05) is 11.0 Å². The van der Waals surface area contributed by atoms with Crippen LogP contribution >= 0.6 is 39.3 Å². The monoisotopic (exact) mass is 390 g/mol. The van der Waals surface area contributed by atoms with Crippen molar-refractivity contribution in [1.29, 1.82) is 0 Å². The molecule has 0 bridgehead atoms. The van der Waals surface area contributed by atoms with E-state index in [1.54, 1.807) is 22.4 Å². The molecule has 0 spiro atoms. The molecule has 0 saturated carbocycles. The highest BCUT2D eigenvalue weighted by molar-refractivity contribution is 9.12. The number of primary amides is 1. The molecule has 1 unspecified atom stereocenters. The van der Waals surface area contributed by atoms with Gasteiger partial charge in [-0.05, 0) is 35.0 Å². The average molecular weight is 392 g/mol. The van der Waals surface area contributed by atoms with Crippen LogP contribution in [0.3, 0.4) is 0 Å². The number of carbonyl (C=O) groups is 2. The summed E-state index contributed by atoms with van der Waals surface area (Å²) >= 11 is 10.9. The molecule has 1 aliphatic heterocycles. The second kappa shape index (κ2) is 6.29. The number of hydrogen-bond acceptors (Lipinski definition) is 5. The minimum Gasteiger partial charge on any atom is -0.494 e. The SMILES string of the molecule is COc1cc(C(C)=O)cc(Cl)c1N1C(Br)=CSC1C(N)=O. The third-order valence-corrected chi connectivity index (χ3v) is 5.16. The molecule has 2 N–H and O–H groups in total. The van der Waals surface area contributed by atoms with E-state index in [1.807, 2.05) is 0 Å². The lowest BCUT2D eigenvalue weighted by molar-refractivity contribution is -0.117. The Balaban J connectivity index is 2.59. The van der Waals surface area contributed by atoms with Crippen LogP contribution in [-0.4, -0.2) is 24.2 Å². The lowest BCUT2D eigenvalue weighted by atomic mass is 10.1. The fourth-order valence-corrected chi connectivity index (χ4v) is 3.91. The molecular weight excluding hydrogens is 380 g/mol. The van der Waals surface area contributed by atoms with Crippen molar-refractivity contribution in [3.63, 3.8) is 0 Å². The molecule has 0 saturated heterocycles. The Morgan fingerprint density at radius 2 is 2.14 bits per heavy atom. The summed E-state index contributed by atoms with van der Waals surface area (Å²) in [6.45, 7) is 1.44. The van der Waals surface area contributed by atoms with Gasteiger partial charge in [-0.1, -0.05) is 23.4 Å².